The van der Waals surface area contributed by atoms with Gasteiger partial charge in [-0.15, -0.1) is 0 Å². The van der Waals surface area contributed by atoms with Crippen LogP contribution in [0.25, 0.3) is 0 Å². The standard InChI is InChI=1S/C9H18N2O4/c10-5-1-3-8(12)14-7-15-9(13)4-2-6-11/h1-7,10-11H2. The van der Waals surface area contributed by atoms with E-state index in [1.807, 2.05) is 0 Å². The van der Waals surface area contributed by atoms with Crippen LogP contribution in [0.5, 0.6) is 0 Å². The van der Waals surface area contributed by atoms with Crippen LogP contribution in [-0.2, 0) is 19.1 Å². The Morgan fingerprint density at radius 2 is 1.27 bits per heavy atom. The quantitative estimate of drug-likeness (QED) is 0.420. The molecule has 0 bridgehead atoms. The van der Waals surface area contributed by atoms with Crippen molar-refractivity contribution in [2.45, 2.75) is 25.7 Å². The Kier molecular flexibility index (Phi) is 8.70. The molecule has 15 heavy (non-hydrogen) atoms. The van der Waals surface area contributed by atoms with Gasteiger partial charge in [0.05, 0.1) is 0 Å². The van der Waals surface area contributed by atoms with Gasteiger partial charge < -0.3 is 20.9 Å². The minimum absolute atomic E-state index is 0.247. The Morgan fingerprint density at radius 1 is 0.867 bits per heavy atom. The van der Waals surface area contributed by atoms with Crippen LogP contribution in [0.3, 0.4) is 0 Å². The van der Waals surface area contributed by atoms with E-state index in [1.54, 1.807) is 0 Å². The largest absolute Gasteiger partial charge is 0.428 e. The predicted octanol–water partition coefficient (Wildman–Crippen LogP) is -0.492. The molecule has 0 aromatic rings. The summed E-state index contributed by atoms with van der Waals surface area (Å²) < 4.78 is 9.25. The van der Waals surface area contributed by atoms with Crippen LogP contribution >= 0.6 is 0 Å². The molecule has 0 rings (SSSR count). The lowest BCUT2D eigenvalue weighted by molar-refractivity contribution is -0.167. The Morgan fingerprint density at radius 3 is 1.60 bits per heavy atom. The highest BCUT2D eigenvalue weighted by Gasteiger charge is 2.04. The molecule has 88 valence electrons. The molecule has 0 aliphatic rings. The van der Waals surface area contributed by atoms with Gasteiger partial charge in [-0.2, -0.15) is 0 Å². The molecule has 0 aliphatic heterocycles. The second-order valence-corrected chi connectivity index (χ2v) is 2.94. The Balaban J connectivity index is 3.36. The van der Waals surface area contributed by atoms with E-state index >= 15 is 0 Å². The third-order valence-electron chi connectivity index (χ3n) is 1.61. The van der Waals surface area contributed by atoms with Crippen LogP contribution in [0.15, 0.2) is 0 Å². The van der Waals surface area contributed by atoms with Crippen molar-refractivity contribution in [1.82, 2.24) is 0 Å². The topological polar surface area (TPSA) is 105 Å². The van der Waals surface area contributed by atoms with Crippen molar-refractivity contribution >= 4 is 11.9 Å². The van der Waals surface area contributed by atoms with E-state index in [2.05, 4.69) is 9.47 Å². The van der Waals surface area contributed by atoms with Crippen molar-refractivity contribution in [3.63, 3.8) is 0 Å². The molecule has 6 nitrogen and oxygen atoms in total. The van der Waals surface area contributed by atoms with Gasteiger partial charge in [0.15, 0.2) is 0 Å². The Hall–Kier alpha value is -1.14. The number of hydrogen-bond donors (Lipinski definition) is 2. The SMILES string of the molecule is NCCCC(=O)OCOC(=O)CCCN. The van der Waals surface area contributed by atoms with Crippen LogP contribution in [0.1, 0.15) is 25.7 Å². The summed E-state index contributed by atoms with van der Waals surface area (Å²) >= 11 is 0. The zero-order valence-electron chi connectivity index (χ0n) is 8.74. The van der Waals surface area contributed by atoms with E-state index in [4.69, 9.17) is 11.5 Å². The second-order valence-electron chi connectivity index (χ2n) is 2.94. The fourth-order valence-electron chi connectivity index (χ4n) is 0.798. The number of hydrogen-bond acceptors (Lipinski definition) is 6. The van der Waals surface area contributed by atoms with Crippen molar-refractivity contribution in [2.24, 2.45) is 11.5 Å². The second kappa shape index (κ2) is 9.42. The van der Waals surface area contributed by atoms with E-state index in [1.165, 1.54) is 0 Å². The first-order valence-corrected chi connectivity index (χ1v) is 4.92. The average molecular weight is 218 g/mol. The number of ether oxygens (including phenoxy) is 2. The summed E-state index contributed by atoms with van der Waals surface area (Å²) in [7, 11) is 0. The molecule has 0 saturated carbocycles. The van der Waals surface area contributed by atoms with Gasteiger partial charge in [0.25, 0.3) is 0 Å². The summed E-state index contributed by atoms with van der Waals surface area (Å²) in [5, 5.41) is 0. The summed E-state index contributed by atoms with van der Waals surface area (Å²) in [6.07, 6.45) is 1.63. The molecule has 0 spiro atoms. The summed E-state index contributed by atoms with van der Waals surface area (Å²) in [6.45, 7) is 0.545. The Labute approximate surface area is 88.9 Å². The van der Waals surface area contributed by atoms with Crippen molar-refractivity contribution < 1.29 is 19.1 Å². The number of esters is 2. The molecule has 0 radical (unpaired) electrons. The molecular weight excluding hydrogens is 200 g/mol. The molecule has 0 aliphatic carbocycles. The van der Waals surface area contributed by atoms with Crippen LogP contribution in [0.4, 0.5) is 0 Å². The van der Waals surface area contributed by atoms with Gasteiger partial charge in [-0.3, -0.25) is 9.59 Å². The summed E-state index contributed by atoms with van der Waals surface area (Å²) in [5.74, 6) is -0.820. The van der Waals surface area contributed by atoms with Crippen molar-refractivity contribution in [3.8, 4) is 0 Å². The highest BCUT2D eigenvalue weighted by Crippen LogP contribution is 1.94. The number of rotatable bonds is 8. The molecule has 0 heterocycles. The minimum Gasteiger partial charge on any atom is -0.428 e. The third-order valence-corrected chi connectivity index (χ3v) is 1.61. The average Bonchev–Trinajstić information content (AvgIpc) is 2.23. The molecule has 0 saturated heterocycles. The van der Waals surface area contributed by atoms with Crippen LogP contribution in [0, 0.1) is 0 Å². The van der Waals surface area contributed by atoms with E-state index in [0.717, 1.165) is 0 Å². The monoisotopic (exact) mass is 218 g/mol. The van der Waals surface area contributed by atoms with E-state index in [9.17, 15) is 9.59 Å². The molecule has 0 fully saturated rings. The third kappa shape index (κ3) is 9.17. The van der Waals surface area contributed by atoms with Gasteiger partial charge in [-0.25, -0.2) is 0 Å². The summed E-state index contributed by atoms with van der Waals surface area (Å²) in [5.41, 5.74) is 10.4. The molecule has 6 heteroatoms. The molecular formula is C9H18N2O4. The summed E-state index contributed by atoms with van der Waals surface area (Å²) in [4.78, 5) is 21.8. The van der Waals surface area contributed by atoms with Crippen molar-refractivity contribution in [3.05, 3.63) is 0 Å². The van der Waals surface area contributed by atoms with Crippen LogP contribution in [0.2, 0.25) is 0 Å². The maximum absolute atomic E-state index is 10.9. The maximum Gasteiger partial charge on any atom is 0.308 e. The van der Waals surface area contributed by atoms with Gasteiger partial charge >= 0.3 is 11.9 Å². The lowest BCUT2D eigenvalue weighted by atomic mass is 10.3. The molecule has 0 unspecified atom stereocenters. The Bertz CT molecular complexity index is 177. The van der Waals surface area contributed by atoms with Crippen LogP contribution in [-0.4, -0.2) is 31.8 Å². The smallest absolute Gasteiger partial charge is 0.308 e. The highest BCUT2D eigenvalue weighted by molar-refractivity contribution is 5.70. The van der Waals surface area contributed by atoms with Gasteiger partial charge in [0.2, 0.25) is 6.79 Å². The number of nitrogens with two attached hydrogens (primary N) is 2. The highest BCUT2D eigenvalue weighted by atomic mass is 16.7. The minimum atomic E-state index is -0.410. The first-order valence-electron chi connectivity index (χ1n) is 4.92. The van der Waals surface area contributed by atoms with Gasteiger partial charge in [-0.1, -0.05) is 0 Å². The van der Waals surface area contributed by atoms with Crippen molar-refractivity contribution in [1.29, 1.82) is 0 Å². The molecule has 0 atom stereocenters. The van der Waals surface area contributed by atoms with Gasteiger partial charge in [0, 0.05) is 12.8 Å². The first-order chi connectivity index (χ1) is 7.20. The van der Waals surface area contributed by atoms with Crippen LogP contribution < -0.4 is 11.5 Å². The molecule has 0 amide bonds. The lowest BCUT2D eigenvalue weighted by Gasteiger charge is -2.05. The number of carbonyl (C=O) groups is 2. The summed E-state index contributed by atoms with van der Waals surface area (Å²) in [6, 6.07) is 0. The van der Waals surface area contributed by atoms with E-state index in [0.29, 0.717) is 25.9 Å². The lowest BCUT2D eigenvalue weighted by Crippen LogP contribution is -2.14. The first kappa shape index (κ1) is 13.9. The molecule has 4 N–H and O–H groups in total. The molecule has 0 aromatic heterocycles. The predicted molar refractivity (Wildman–Crippen MR) is 53.6 cm³/mol. The molecule has 0 aromatic carbocycles. The number of carbonyl (C=O) groups excluding carboxylic acids is 2. The van der Waals surface area contributed by atoms with Gasteiger partial charge in [-0.05, 0) is 25.9 Å². The fourth-order valence-corrected chi connectivity index (χ4v) is 0.798. The zero-order valence-corrected chi connectivity index (χ0v) is 8.74. The zero-order chi connectivity index (χ0) is 11.5. The normalized spacial score (nSPS) is 9.73. The van der Waals surface area contributed by atoms with E-state index in [-0.39, 0.29) is 19.6 Å². The van der Waals surface area contributed by atoms with E-state index < -0.39 is 11.9 Å². The van der Waals surface area contributed by atoms with Gasteiger partial charge in [0.1, 0.15) is 0 Å². The fraction of sp³-hybridized carbons (Fsp3) is 0.778. The maximum atomic E-state index is 10.9. The van der Waals surface area contributed by atoms with Crippen molar-refractivity contribution in [2.75, 3.05) is 19.9 Å².